The van der Waals surface area contributed by atoms with Crippen LogP contribution in [0.15, 0.2) is 108 Å². The van der Waals surface area contributed by atoms with E-state index in [1.165, 1.54) is 10.2 Å². The van der Waals surface area contributed by atoms with Crippen LogP contribution in [0.4, 0.5) is 11.4 Å². The van der Waals surface area contributed by atoms with Crippen molar-refractivity contribution in [1.82, 2.24) is 4.90 Å². The molecule has 2 fully saturated rings. The molecule has 4 heterocycles. The van der Waals surface area contributed by atoms with Gasteiger partial charge in [-0.3, -0.25) is 14.4 Å². The number of nitrogens with zero attached hydrogens (tertiary/aromatic N) is 4. The molecular formula is C45H50N4O6Si. The summed E-state index contributed by atoms with van der Waals surface area (Å²) < 4.78 is 12.8. The summed E-state index contributed by atoms with van der Waals surface area (Å²) in [6.45, 7) is 7.55. The van der Waals surface area contributed by atoms with Crippen LogP contribution < -0.4 is 19.8 Å². The number of fused-ring (bicyclic) bond motifs is 2. The second kappa shape index (κ2) is 15.1. The summed E-state index contributed by atoms with van der Waals surface area (Å²) in [5, 5.41) is 17.7. The van der Waals surface area contributed by atoms with Crippen molar-refractivity contribution in [1.29, 1.82) is 0 Å². The molecule has 56 heavy (non-hydrogen) atoms. The van der Waals surface area contributed by atoms with Crippen LogP contribution in [0.2, 0.25) is 18.6 Å². The maximum atomic E-state index is 15.4. The molecular weight excluding hydrogens is 721 g/mol. The molecule has 5 atom stereocenters. The first-order valence-corrected chi connectivity index (χ1v) is 22.8. The van der Waals surface area contributed by atoms with Gasteiger partial charge in [-0.05, 0) is 59.8 Å². The van der Waals surface area contributed by atoms with E-state index >= 15 is 4.79 Å². The topological polar surface area (TPSA) is 112 Å². The Kier molecular flexibility index (Phi) is 10.2. The third-order valence-corrected chi connectivity index (χ3v) is 17.0. The fourth-order valence-electron chi connectivity index (χ4n) is 9.79. The van der Waals surface area contributed by atoms with Gasteiger partial charge in [0, 0.05) is 30.9 Å². The number of hydrogen-bond donors (Lipinski definition) is 1. The molecule has 0 bridgehead atoms. The van der Waals surface area contributed by atoms with Crippen molar-refractivity contribution in [2.45, 2.75) is 82.0 Å². The summed E-state index contributed by atoms with van der Waals surface area (Å²) >= 11 is 0. The monoisotopic (exact) mass is 770 g/mol. The highest BCUT2D eigenvalue weighted by atomic mass is 28.3. The van der Waals surface area contributed by atoms with Crippen LogP contribution in [0, 0.1) is 5.92 Å². The second-order valence-corrected chi connectivity index (χ2v) is 20.8. The molecule has 0 aromatic heterocycles. The highest BCUT2D eigenvalue weighted by Gasteiger charge is 2.66. The number of methoxy groups -OCH3 is 1. The van der Waals surface area contributed by atoms with Crippen LogP contribution in [0.5, 0.6) is 5.75 Å². The maximum Gasteiger partial charge on any atom is 0.264 e. The number of carbonyl (C=O) groups excluding carboxylic acids is 3. The molecule has 0 radical (unpaired) electrons. The number of hydrazone groups is 1. The molecule has 0 unspecified atom stereocenters. The van der Waals surface area contributed by atoms with Gasteiger partial charge in [-0.1, -0.05) is 98.0 Å². The highest BCUT2D eigenvalue weighted by molar-refractivity contribution is 6.91. The van der Waals surface area contributed by atoms with E-state index in [0.717, 1.165) is 41.1 Å². The standard InChI is InChI=1S/C45H50N4O6Si/c1-30-43(56(3,4)36-20-18-35(54-2)19-21-36)40(27-42(52)47-25-11-16-34(47)29-50)55-45(30)37-26-33(49-41(51)24-22-38(46-49)32-14-9-6-10-15-32)17-23-39(37)48(44(45)53)28-31-12-7-5-8-13-31/h5-10,12-15,17-21,23,26,30,34,40,43,50H,11,16,22,24-25,27-29H2,1-4H3/t30-,34+,40+,43-,45+/m1/s1. The van der Waals surface area contributed by atoms with E-state index in [9.17, 15) is 14.7 Å². The Morgan fingerprint density at radius 3 is 2.38 bits per heavy atom. The molecule has 8 rings (SSSR count). The zero-order chi connectivity index (χ0) is 39.2. The lowest BCUT2D eigenvalue weighted by Crippen LogP contribution is -2.52. The lowest BCUT2D eigenvalue weighted by atomic mass is 9.82. The van der Waals surface area contributed by atoms with E-state index in [1.54, 1.807) is 12.0 Å². The van der Waals surface area contributed by atoms with Gasteiger partial charge in [-0.25, -0.2) is 5.01 Å². The van der Waals surface area contributed by atoms with Gasteiger partial charge in [0.25, 0.3) is 5.91 Å². The molecule has 3 amide bonds. The van der Waals surface area contributed by atoms with Crippen LogP contribution >= 0.6 is 0 Å². The van der Waals surface area contributed by atoms with Crippen LogP contribution in [0.1, 0.15) is 55.7 Å². The molecule has 4 aliphatic rings. The summed E-state index contributed by atoms with van der Waals surface area (Å²) in [6.07, 6.45) is 1.95. The maximum absolute atomic E-state index is 15.4. The average molecular weight is 771 g/mol. The van der Waals surface area contributed by atoms with Crippen molar-refractivity contribution in [3.63, 3.8) is 0 Å². The summed E-state index contributed by atoms with van der Waals surface area (Å²) in [4.78, 5) is 46.9. The van der Waals surface area contributed by atoms with Crippen LogP contribution in [0.25, 0.3) is 0 Å². The van der Waals surface area contributed by atoms with E-state index in [4.69, 9.17) is 14.6 Å². The van der Waals surface area contributed by atoms with Gasteiger partial charge < -0.3 is 24.4 Å². The predicted octanol–water partition coefficient (Wildman–Crippen LogP) is 6.36. The molecule has 0 saturated carbocycles. The van der Waals surface area contributed by atoms with E-state index in [1.807, 2.05) is 95.9 Å². The minimum atomic E-state index is -2.54. The van der Waals surface area contributed by atoms with E-state index in [0.29, 0.717) is 37.2 Å². The van der Waals surface area contributed by atoms with Crippen LogP contribution in [-0.2, 0) is 31.3 Å². The van der Waals surface area contributed by atoms with Gasteiger partial charge in [0.1, 0.15) is 5.75 Å². The van der Waals surface area contributed by atoms with Gasteiger partial charge >= 0.3 is 0 Å². The minimum Gasteiger partial charge on any atom is -0.497 e. The van der Waals surface area contributed by atoms with Crippen molar-refractivity contribution in [2.24, 2.45) is 11.0 Å². The first-order chi connectivity index (χ1) is 27.1. The molecule has 4 aliphatic heterocycles. The zero-order valence-electron chi connectivity index (χ0n) is 32.6. The molecule has 2 saturated heterocycles. The molecule has 290 valence electrons. The average Bonchev–Trinajstić information content (AvgIpc) is 3.89. The van der Waals surface area contributed by atoms with E-state index < -0.39 is 19.8 Å². The number of carbonyl (C=O) groups is 3. The zero-order valence-corrected chi connectivity index (χ0v) is 33.6. The summed E-state index contributed by atoms with van der Waals surface area (Å²) in [6, 6.07) is 33.5. The number of aliphatic hydroxyl groups excluding tert-OH is 1. The predicted molar refractivity (Wildman–Crippen MR) is 220 cm³/mol. The molecule has 4 aromatic rings. The number of aliphatic hydroxyl groups is 1. The molecule has 1 spiro atoms. The highest BCUT2D eigenvalue weighted by Crippen LogP contribution is 2.60. The summed E-state index contributed by atoms with van der Waals surface area (Å²) in [5.41, 5.74) is 3.14. The minimum absolute atomic E-state index is 0.0671. The molecule has 4 aromatic carbocycles. The number of amides is 3. The first kappa shape index (κ1) is 37.8. The number of hydrogen-bond acceptors (Lipinski definition) is 7. The number of likely N-dealkylation sites (tertiary alicyclic amines) is 1. The quantitative estimate of drug-likeness (QED) is 0.188. The Morgan fingerprint density at radius 1 is 0.964 bits per heavy atom. The van der Waals surface area contributed by atoms with Gasteiger partial charge in [0.15, 0.2) is 5.60 Å². The normalized spacial score (nSPS) is 24.9. The number of anilines is 2. The Hall–Kier alpha value is -5.10. The Labute approximate surface area is 329 Å². The second-order valence-electron chi connectivity index (χ2n) is 16.1. The van der Waals surface area contributed by atoms with Crippen molar-refractivity contribution in [2.75, 3.05) is 30.2 Å². The summed E-state index contributed by atoms with van der Waals surface area (Å²) in [7, 11) is -0.891. The van der Waals surface area contributed by atoms with Crippen LogP contribution in [0.3, 0.4) is 0 Å². The SMILES string of the molecule is COc1ccc([Si](C)(C)[C@H]2[C@H](CC(=O)N3CCC[C@H]3CO)O[C@@]3(C(=O)N(Cc4ccccc4)c4ccc(N5N=C(c6ccccc6)CCC5=O)cc43)[C@@H]2C)cc1. The molecule has 0 aliphatic carbocycles. The fourth-order valence-corrected chi connectivity index (χ4v) is 13.8. The van der Waals surface area contributed by atoms with Crippen molar-refractivity contribution in [3.05, 3.63) is 120 Å². The van der Waals surface area contributed by atoms with Crippen molar-refractivity contribution < 1.29 is 29.0 Å². The van der Waals surface area contributed by atoms with Crippen molar-refractivity contribution >= 4 is 48.1 Å². The third-order valence-electron chi connectivity index (χ3n) is 12.7. The van der Waals surface area contributed by atoms with Crippen LogP contribution in [-0.4, -0.2) is 73.9 Å². The largest absolute Gasteiger partial charge is 0.497 e. The van der Waals surface area contributed by atoms with E-state index in [2.05, 4.69) is 32.2 Å². The third kappa shape index (κ3) is 6.45. The molecule has 11 heteroatoms. The van der Waals surface area contributed by atoms with Gasteiger partial charge in [0.05, 0.1) is 64.0 Å². The van der Waals surface area contributed by atoms with Gasteiger partial charge in [-0.15, -0.1) is 0 Å². The Balaban J connectivity index is 1.26. The van der Waals surface area contributed by atoms with Crippen molar-refractivity contribution in [3.8, 4) is 5.75 Å². The Bertz CT molecular complexity index is 2140. The fraction of sp³-hybridized carbons (Fsp3) is 0.378. The lowest BCUT2D eigenvalue weighted by molar-refractivity contribution is -0.150. The van der Waals surface area contributed by atoms with Gasteiger partial charge in [-0.2, -0.15) is 5.10 Å². The summed E-state index contributed by atoms with van der Waals surface area (Å²) in [5.74, 6) is 0.0498. The number of benzene rings is 4. The smallest absolute Gasteiger partial charge is 0.264 e. The van der Waals surface area contributed by atoms with E-state index in [-0.39, 0.29) is 48.3 Å². The molecule has 10 nitrogen and oxygen atoms in total. The lowest BCUT2D eigenvalue weighted by Gasteiger charge is -2.37. The number of ether oxygens (including phenoxy) is 2. The first-order valence-electron chi connectivity index (χ1n) is 19.8. The number of rotatable bonds is 10. The van der Waals surface area contributed by atoms with Gasteiger partial charge in [0.2, 0.25) is 11.8 Å². The molecule has 1 N–H and O–H groups in total. The Morgan fingerprint density at radius 2 is 1.68 bits per heavy atom.